The molecule has 0 fully saturated rings. The minimum atomic E-state index is -4.95. The molecule has 0 amide bonds. The molecule has 1 aliphatic heterocycles. The molecule has 8 nitrogen and oxygen atoms in total. The van der Waals surface area contributed by atoms with Crippen molar-refractivity contribution in [2.75, 3.05) is 11.5 Å². The number of Topliss-reactive ketones (excluding diaryl/α,β-unsaturated/α-hetero) is 1. The number of carbonyl (C=O) groups is 1. The molecule has 0 spiro atoms. The molecule has 2 aromatic heterocycles. The van der Waals surface area contributed by atoms with Crippen LogP contribution in [0.2, 0.25) is 6.43 Å². The largest absolute Gasteiger partial charge is 0.454 e. The average Bonchev–Trinajstić information content (AvgIpc) is 3.52. The van der Waals surface area contributed by atoms with Crippen LogP contribution in [0.5, 0.6) is 11.5 Å². The number of thiophene rings is 1. The van der Waals surface area contributed by atoms with Crippen molar-refractivity contribution in [2.45, 2.75) is 25.0 Å². The molecule has 3 aromatic rings. The van der Waals surface area contributed by atoms with E-state index in [1.54, 1.807) is 0 Å². The van der Waals surface area contributed by atoms with Gasteiger partial charge in [0.1, 0.15) is 18.4 Å². The summed E-state index contributed by atoms with van der Waals surface area (Å²) in [5.74, 6) is -3.23. The third-order valence-corrected chi connectivity index (χ3v) is 6.35. The Balaban J connectivity index is 1.76. The van der Waals surface area contributed by atoms with Crippen LogP contribution < -0.4 is 14.2 Å². The van der Waals surface area contributed by atoms with E-state index in [1.807, 2.05) is 0 Å². The summed E-state index contributed by atoms with van der Waals surface area (Å²) in [6.07, 6.45) is -0.925. The summed E-state index contributed by atoms with van der Waals surface area (Å²) in [6.45, 7) is -8.76. The first kappa shape index (κ1) is 10.5. The summed E-state index contributed by atoms with van der Waals surface area (Å²) < 4.78 is 126. The van der Waals surface area contributed by atoms with Crippen LogP contribution in [0.1, 0.15) is 40.2 Å². The number of anilines is 1. The second-order valence-electron chi connectivity index (χ2n) is 5.48. The Hall–Kier alpha value is -2.56. The van der Waals surface area contributed by atoms with Crippen LogP contribution in [0.3, 0.4) is 0 Å². The van der Waals surface area contributed by atoms with Crippen molar-refractivity contribution in [3.63, 3.8) is 0 Å². The van der Waals surface area contributed by atoms with Crippen molar-refractivity contribution in [3.05, 3.63) is 50.3 Å². The molecule has 0 unspecified atom stereocenters. The summed E-state index contributed by atoms with van der Waals surface area (Å²) >= 11 is 6.50. The van der Waals surface area contributed by atoms with Gasteiger partial charge in [0.15, 0.2) is 18.7 Å². The number of nitrogens with zero attached hydrogens (tertiary/aromatic N) is 1. The third kappa shape index (κ3) is 3.70. The number of aryl methyl sites for hydroxylation is 1. The summed E-state index contributed by atoms with van der Waals surface area (Å²) in [5.41, 5.74) is -2.13. The van der Waals surface area contributed by atoms with Crippen LogP contribution in [-0.4, -0.2) is 26.1 Å². The number of carbonyl (C=O) groups excluding carboxylic acids is 1. The summed E-state index contributed by atoms with van der Waals surface area (Å²) in [7, 11) is -4.95. The summed E-state index contributed by atoms with van der Waals surface area (Å²) in [6, 6.07) is -0.628. The number of nitrogens with one attached hydrogen (secondary N) is 1. The lowest BCUT2D eigenvalue weighted by Crippen LogP contribution is -2.16. The maximum absolute atomic E-state index is 13.3. The van der Waals surface area contributed by atoms with Crippen molar-refractivity contribution in [1.29, 1.82) is 0 Å². The maximum atomic E-state index is 13.3. The molecule has 0 atom stereocenters. The number of rotatable bonds is 6. The summed E-state index contributed by atoms with van der Waals surface area (Å²) in [4.78, 5) is 12.1. The number of ether oxygens (including phenoxy) is 2. The van der Waals surface area contributed by atoms with Gasteiger partial charge in [-0.25, -0.2) is 13.1 Å². The molecule has 1 aromatic carbocycles. The third-order valence-electron chi connectivity index (χ3n) is 3.62. The Morgan fingerprint density at radius 3 is 2.97 bits per heavy atom. The van der Waals surface area contributed by atoms with Gasteiger partial charge in [-0.05, 0) is 48.4 Å². The summed E-state index contributed by atoms with van der Waals surface area (Å²) in [5, 5.41) is 3.61. The zero-order valence-electron chi connectivity index (χ0n) is 24.9. The Kier molecular flexibility index (Phi) is 2.66. The van der Waals surface area contributed by atoms with E-state index in [1.165, 1.54) is 5.38 Å². The van der Waals surface area contributed by atoms with E-state index >= 15 is 0 Å². The Bertz CT molecular complexity index is 1630. The molecule has 0 saturated carbocycles. The Morgan fingerprint density at radius 2 is 2.24 bits per heavy atom. The highest BCUT2D eigenvalue weighted by Gasteiger charge is 2.27. The van der Waals surface area contributed by atoms with Gasteiger partial charge in [-0.3, -0.25) is 4.79 Å². The lowest BCUT2D eigenvalue weighted by Gasteiger charge is -2.09. The van der Waals surface area contributed by atoms with Crippen LogP contribution in [0, 0.1) is 13.7 Å². The highest BCUT2D eigenvalue weighted by molar-refractivity contribution is 7.93. The van der Waals surface area contributed by atoms with E-state index in [0.29, 0.717) is 11.3 Å². The molecule has 29 heavy (non-hydrogen) atoms. The zero-order chi connectivity index (χ0) is 30.2. The van der Waals surface area contributed by atoms with Gasteiger partial charge in [0.2, 0.25) is 6.75 Å². The minimum Gasteiger partial charge on any atom is -0.454 e. The molecule has 152 valence electrons. The molecule has 11 heteroatoms. The van der Waals surface area contributed by atoms with Crippen LogP contribution in [0.4, 0.5) is 5.88 Å². The molecule has 3 heterocycles. The Labute approximate surface area is 190 Å². The fraction of sp³-hybridized carbons (Fsp3) is 0.222. The zero-order valence-corrected chi connectivity index (χ0v) is 16.3. The first-order valence-electron chi connectivity index (χ1n) is 13.0. The molecule has 0 radical (unpaired) electrons. The van der Waals surface area contributed by atoms with Gasteiger partial charge in [0, 0.05) is 14.6 Å². The maximum Gasteiger partial charge on any atom is 0.265 e. The number of ketones is 1. The fourth-order valence-corrected chi connectivity index (χ4v) is 4.78. The minimum absolute atomic E-state index is 0.259. The normalized spacial score (nSPS) is 21.1. The SMILES string of the molecule is [2H]c1c(CC(=O)c2sccc2S(=O)(=O)N([2H])c2onc(C([2H])([2H])[2H])c2Cl)c(C([2H])([2H])[2H])c([2H])c2c1OC([2H])([2H])O2. The van der Waals surface area contributed by atoms with E-state index in [4.69, 9.17) is 36.2 Å². The van der Waals surface area contributed by atoms with Gasteiger partial charge in [0.05, 0.1) is 7.62 Å². The highest BCUT2D eigenvalue weighted by Crippen LogP contribution is 2.36. The predicted octanol–water partition coefficient (Wildman–Crippen LogP) is 3.96. The van der Waals surface area contributed by atoms with Gasteiger partial charge >= 0.3 is 0 Å². The highest BCUT2D eigenvalue weighted by atomic mass is 35.5. The van der Waals surface area contributed by atoms with Crippen molar-refractivity contribution < 1.29 is 42.3 Å². The number of sulfonamides is 1. The monoisotopic (exact) mass is 465 g/mol. The van der Waals surface area contributed by atoms with Crippen LogP contribution in [-0.2, 0) is 16.4 Å². The molecular weight excluding hydrogens is 440 g/mol. The van der Waals surface area contributed by atoms with E-state index in [0.717, 1.165) is 6.07 Å². The lowest BCUT2D eigenvalue weighted by molar-refractivity contribution is 0.0994. The van der Waals surface area contributed by atoms with E-state index in [-0.39, 0.29) is 4.72 Å². The van der Waals surface area contributed by atoms with Crippen LogP contribution in [0.15, 0.2) is 32.9 Å². The lowest BCUT2D eigenvalue weighted by atomic mass is 10.0. The molecule has 0 saturated heterocycles. The van der Waals surface area contributed by atoms with Gasteiger partial charge < -0.3 is 14.0 Å². The van der Waals surface area contributed by atoms with Crippen molar-refractivity contribution in [2.24, 2.45) is 0 Å². The molecule has 1 N–H and O–H groups in total. The molecule has 4 rings (SSSR count). The number of hydrogen-bond donors (Lipinski definition) is 1. The van der Waals surface area contributed by atoms with Gasteiger partial charge in [0.25, 0.3) is 15.9 Å². The average molecular weight is 466 g/mol. The first-order valence-corrected chi connectivity index (χ1v) is 10.2. The number of hydrogen-bond acceptors (Lipinski definition) is 8. The number of benzene rings is 1. The standard InChI is InChI=1S/C18H15ClN2O6S2/c1-9-5-13-14(26-8-25-13)7-11(9)6-12(22)17-15(3-4-28-17)29(23,24)21-18-16(19)10(2)20-27-18/h3-5,7,21H,6,8H2,1-2H3/i1D3,2D3,5D,7D,8D2/hD. The predicted molar refractivity (Wildman–Crippen MR) is 107 cm³/mol. The van der Waals surface area contributed by atoms with Crippen LogP contribution >= 0.6 is 22.9 Å². The topological polar surface area (TPSA) is 108 Å². The quantitative estimate of drug-likeness (QED) is 0.549. The van der Waals surface area contributed by atoms with Crippen molar-refractivity contribution in [3.8, 4) is 11.5 Å². The fourth-order valence-electron chi connectivity index (χ4n) is 2.31. The van der Waals surface area contributed by atoms with Crippen LogP contribution in [0.25, 0.3) is 0 Å². The second kappa shape index (κ2) is 7.36. The second-order valence-corrected chi connectivity index (χ2v) is 8.35. The van der Waals surface area contributed by atoms with Gasteiger partial charge in [-0.15, -0.1) is 11.3 Å². The van der Waals surface area contributed by atoms with Gasteiger partial charge in [-0.2, -0.15) is 0 Å². The first-order chi connectivity index (χ1) is 18.2. The van der Waals surface area contributed by atoms with Gasteiger partial charge in [-0.1, -0.05) is 16.8 Å². The molecule has 1 aliphatic rings. The number of fused-ring (bicyclic) bond motifs is 1. The number of aromatic nitrogens is 1. The smallest absolute Gasteiger partial charge is 0.265 e. The Morgan fingerprint density at radius 1 is 1.45 bits per heavy atom. The molecular formula is C18H15ClN2O6S2. The van der Waals surface area contributed by atoms with Crippen molar-refractivity contribution >= 4 is 44.6 Å². The van der Waals surface area contributed by atoms with Crippen molar-refractivity contribution in [1.82, 2.24) is 5.16 Å². The molecule has 0 bridgehead atoms. The van der Waals surface area contributed by atoms with E-state index in [9.17, 15) is 13.2 Å². The van der Waals surface area contributed by atoms with E-state index < -0.39 is 104 Å². The van der Waals surface area contributed by atoms with E-state index in [2.05, 4.69) is 9.68 Å². The number of halogens is 1. The molecule has 0 aliphatic carbocycles.